The van der Waals surface area contributed by atoms with Crippen LogP contribution in [0.2, 0.25) is 0 Å². The quantitative estimate of drug-likeness (QED) is 0.743. The lowest BCUT2D eigenvalue weighted by Crippen LogP contribution is -2.34. The molecule has 132 valence electrons. The molecule has 0 bridgehead atoms. The lowest BCUT2D eigenvalue weighted by Gasteiger charge is -2.29. The van der Waals surface area contributed by atoms with Crippen LogP contribution in [-0.4, -0.2) is 5.90 Å². The second kappa shape index (κ2) is 6.58. The maximum absolute atomic E-state index is 12.5. The second-order valence-corrected chi connectivity index (χ2v) is 6.46. The number of ether oxygens (including phenoxy) is 1. The maximum atomic E-state index is 12.5. The van der Waals surface area contributed by atoms with Gasteiger partial charge in [-0.3, -0.25) is 5.41 Å². The smallest absolute Gasteiger partial charge is 0.343 e. The predicted octanol–water partition coefficient (Wildman–Crippen LogP) is 4.26. The molecule has 0 fully saturated rings. The van der Waals surface area contributed by atoms with Crippen LogP contribution in [0, 0.1) is 29.6 Å². The Morgan fingerprint density at radius 3 is 2.37 bits per heavy atom. The standard InChI is InChI=1S/C22H16N2O3/c1-13-11-18-20(22(25)26-13)19(17(12-23)21(24)27-18)16-9-7-15(8-10-16)14-5-3-2-4-6-14/h2-11,17,19,24H,1H3. The van der Waals surface area contributed by atoms with Gasteiger partial charge in [0.05, 0.1) is 11.6 Å². The molecule has 5 heteroatoms. The van der Waals surface area contributed by atoms with E-state index in [1.54, 1.807) is 13.0 Å². The highest BCUT2D eigenvalue weighted by Crippen LogP contribution is 2.40. The van der Waals surface area contributed by atoms with Gasteiger partial charge in [-0.2, -0.15) is 5.26 Å². The molecule has 4 rings (SSSR count). The Balaban J connectivity index is 1.84. The molecule has 1 N–H and O–H groups in total. The normalized spacial score (nSPS) is 18.3. The second-order valence-electron chi connectivity index (χ2n) is 6.46. The zero-order chi connectivity index (χ0) is 19.0. The van der Waals surface area contributed by atoms with E-state index in [0.717, 1.165) is 16.7 Å². The summed E-state index contributed by atoms with van der Waals surface area (Å²) in [6, 6.07) is 21.3. The summed E-state index contributed by atoms with van der Waals surface area (Å²) in [4.78, 5) is 12.5. The summed E-state index contributed by atoms with van der Waals surface area (Å²) in [5.74, 6) is -0.955. The van der Waals surface area contributed by atoms with E-state index >= 15 is 0 Å². The number of benzene rings is 2. The van der Waals surface area contributed by atoms with Crippen LogP contribution < -0.4 is 10.4 Å². The molecule has 2 unspecified atom stereocenters. The first kappa shape index (κ1) is 16.8. The van der Waals surface area contributed by atoms with Crippen LogP contribution in [-0.2, 0) is 0 Å². The minimum Gasteiger partial charge on any atom is -0.441 e. The fraction of sp³-hybridized carbons (Fsp3) is 0.136. The molecule has 2 heterocycles. The largest absolute Gasteiger partial charge is 0.441 e. The molecule has 0 saturated heterocycles. The fourth-order valence-corrected chi connectivity index (χ4v) is 3.46. The van der Waals surface area contributed by atoms with Gasteiger partial charge in [0.15, 0.2) is 0 Å². The van der Waals surface area contributed by atoms with Crippen molar-refractivity contribution in [3.8, 4) is 22.9 Å². The molecule has 0 spiro atoms. The zero-order valence-electron chi connectivity index (χ0n) is 14.6. The molecule has 27 heavy (non-hydrogen) atoms. The van der Waals surface area contributed by atoms with Gasteiger partial charge in [-0.25, -0.2) is 4.79 Å². The number of hydrogen-bond acceptors (Lipinski definition) is 5. The van der Waals surface area contributed by atoms with Gasteiger partial charge in [0, 0.05) is 12.0 Å². The summed E-state index contributed by atoms with van der Waals surface area (Å²) >= 11 is 0. The van der Waals surface area contributed by atoms with Crippen LogP contribution >= 0.6 is 0 Å². The first-order valence-corrected chi connectivity index (χ1v) is 8.54. The minimum atomic E-state index is -0.884. The van der Waals surface area contributed by atoms with Gasteiger partial charge in [0.1, 0.15) is 17.4 Å². The predicted molar refractivity (Wildman–Crippen MR) is 101 cm³/mol. The highest BCUT2D eigenvalue weighted by molar-refractivity contribution is 5.85. The molecule has 3 aromatic rings. The molecule has 2 atom stereocenters. The summed E-state index contributed by atoms with van der Waals surface area (Å²) in [7, 11) is 0. The van der Waals surface area contributed by atoms with Crippen LogP contribution in [0.3, 0.4) is 0 Å². The third-order valence-electron chi connectivity index (χ3n) is 4.74. The first-order chi connectivity index (χ1) is 13.1. The van der Waals surface area contributed by atoms with Crippen molar-refractivity contribution in [2.24, 2.45) is 5.92 Å². The monoisotopic (exact) mass is 356 g/mol. The van der Waals surface area contributed by atoms with Gasteiger partial charge in [0.2, 0.25) is 5.90 Å². The molecule has 5 nitrogen and oxygen atoms in total. The van der Waals surface area contributed by atoms with Crippen LogP contribution in [0.5, 0.6) is 5.75 Å². The van der Waals surface area contributed by atoms with Crippen molar-refractivity contribution in [1.82, 2.24) is 0 Å². The SMILES string of the molecule is Cc1cc2c(c(=O)o1)C(c1ccc(-c3ccccc3)cc1)C(C#N)C(=N)O2. The van der Waals surface area contributed by atoms with Gasteiger partial charge in [-0.05, 0) is 23.6 Å². The number of rotatable bonds is 2. The molecule has 1 aliphatic heterocycles. The van der Waals surface area contributed by atoms with Crippen molar-refractivity contribution in [1.29, 1.82) is 10.7 Å². The van der Waals surface area contributed by atoms with Crippen molar-refractivity contribution < 1.29 is 9.15 Å². The van der Waals surface area contributed by atoms with Crippen molar-refractivity contribution >= 4 is 5.90 Å². The number of nitrogens with zero attached hydrogens (tertiary/aromatic N) is 1. The third-order valence-corrected chi connectivity index (χ3v) is 4.74. The molecule has 0 amide bonds. The Morgan fingerprint density at radius 1 is 1.04 bits per heavy atom. The van der Waals surface area contributed by atoms with Crippen LogP contribution in [0.4, 0.5) is 0 Å². The molecular weight excluding hydrogens is 340 g/mol. The van der Waals surface area contributed by atoms with Gasteiger partial charge in [-0.15, -0.1) is 0 Å². The molecule has 0 radical (unpaired) electrons. The van der Waals surface area contributed by atoms with Gasteiger partial charge in [0.25, 0.3) is 0 Å². The van der Waals surface area contributed by atoms with E-state index in [4.69, 9.17) is 14.6 Å². The first-order valence-electron chi connectivity index (χ1n) is 8.54. The van der Waals surface area contributed by atoms with E-state index in [1.807, 2.05) is 54.6 Å². The molecule has 0 aliphatic carbocycles. The van der Waals surface area contributed by atoms with Crippen molar-refractivity contribution in [3.05, 3.63) is 88.0 Å². The van der Waals surface area contributed by atoms with E-state index in [1.165, 1.54) is 0 Å². The van der Waals surface area contributed by atoms with E-state index in [2.05, 4.69) is 6.07 Å². The van der Waals surface area contributed by atoms with Gasteiger partial charge < -0.3 is 9.15 Å². The van der Waals surface area contributed by atoms with E-state index < -0.39 is 17.5 Å². The number of nitrogens with one attached hydrogen (secondary N) is 1. The summed E-state index contributed by atoms with van der Waals surface area (Å²) < 4.78 is 10.7. The van der Waals surface area contributed by atoms with Crippen molar-refractivity contribution in [2.45, 2.75) is 12.8 Å². The Kier molecular flexibility index (Phi) is 4.09. The maximum Gasteiger partial charge on any atom is 0.343 e. The summed E-state index contributed by atoms with van der Waals surface area (Å²) in [6.07, 6.45) is 0. The molecule has 1 aliphatic rings. The van der Waals surface area contributed by atoms with Crippen molar-refractivity contribution in [2.75, 3.05) is 0 Å². The Hall–Kier alpha value is -3.65. The lowest BCUT2D eigenvalue weighted by molar-refractivity contribution is 0.403. The summed E-state index contributed by atoms with van der Waals surface area (Å²) in [5, 5.41) is 17.7. The number of nitriles is 1. The Bertz CT molecular complexity index is 1110. The minimum absolute atomic E-state index is 0.160. The summed E-state index contributed by atoms with van der Waals surface area (Å²) in [5.41, 5.74) is 2.64. The third kappa shape index (κ3) is 2.91. The average Bonchev–Trinajstić information content (AvgIpc) is 2.67. The van der Waals surface area contributed by atoms with E-state index in [-0.39, 0.29) is 17.2 Å². The highest BCUT2D eigenvalue weighted by atomic mass is 16.5. The van der Waals surface area contributed by atoms with Crippen LogP contribution in [0.15, 0.2) is 69.9 Å². The van der Waals surface area contributed by atoms with Crippen LogP contribution in [0.25, 0.3) is 11.1 Å². The molecule has 0 saturated carbocycles. The number of hydrogen-bond donors (Lipinski definition) is 1. The topological polar surface area (TPSA) is 87.1 Å². The summed E-state index contributed by atoms with van der Waals surface area (Å²) in [6.45, 7) is 1.65. The fourth-order valence-electron chi connectivity index (χ4n) is 3.46. The molecular formula is C22H16N2O3. The zero-order valence-corrected chi connectivity index (χ0v) is 14.6. The van der Waals surface area contributed by atoms with Crippen LogP contribution in [0.1, 0.15) is 22.8 Å². The average molecular weight is 356 g/mol. The molecule has 2 aromatic carbocycles. The molecule has 1 aromatic heterocycles. The van der Waals surface area contributed by atoms with E-state index in [0.29, 0.717) is 5.76 Å². The Labute approximate surface area is 156 Å². The lowest BCUT2D eigenvalue weighted by atomic mass is 9.79. The van der Waals surface area contributed by atoms with Gasteiger partial charge >= 0.3 is 5.63 Å². The highest BCUT2D eigenvalue weighted by Gasteiger charge is 2.39. The van der Waals surface area contributed by atoms with Crippen molar-refractivity contribution in [3.63, 3.8) is 0 Å². The van der Waals surface area contributed by atoms with Gasteiger partial charge in [-0.1, -0.05) is 54.6 Å². The number of aryl methyl sites for hydroxylation is 1. The van der Waals surface area contributed by atoms with E-state index in [9.17, 15) is 10.1 Å². The number of fused-ring (bicyclic) bond motifs is 1. The Morgan fingerprint density at radius 2 is 1.70 bits per heavy atom.